The molecule has 1 aromatic rings. The predicted octanol–water partition coefficient (Wildman–Crippen LogP) is 1.47. The molecule has 24 heavy (non-hydrogen) atoms. The maximum absolute atomic E-state index is 12.1. The van der Waals surface area contributed by atoms with Crippen molar-refractivity contribution in [2.75, 3.05) is 6.61 Å². The molecule has 0 saturated carbocycles. The lowest BCUT2D eigenvalue weighted by molar-refractivity contribution is -0.225. The van der Waals surface area contributed by atoms with Gasteiger partial charge in [0.1, 0.15) is 12.7 Å². The third-order valence-corrected chi connectivity index (χ3v) is 3.98. The van der Waals surface area contributed by atoms with Crippen LogP contribution >= 0.6 is 0 Å². The van der Waals surface area contributed by atoms with E-state index in [2.05, 4.69) is 11.8 Å². The Hall–Kier alpha value is -1.91. The SMILES string of the molecule is CC#C[C@@]1(O)[C@@H](COC(=O)c2ccccc2)O[C@@H]2OC(C)(C)O[C@@H]21. The van der Waals surface area contributed by atoms with Gasteiger partial charge in [-0.1, -0.05) is 24.1 Å². The number of fused-ring (bicyclic) bond motifs is 1. The summed E-state index contributed by atoms with van der Waals surface area (Å²) in [4.78, 5) is 12.1. The molecule has 2 aliphatic heterocycles. The molecule has 2 saturated heterocycles. The highest BCUT2D eigenvalue weighted by atomic mass is 16.8. The number of esters is 1. The summed E-state index contributed by atoms with van der Waals surface area (Å²) in [6, 6.07) is 8.61. The summed E-state index contributed by atoms with van der Waals surface area (Å²) in [5.41, 5.74) is -1.18. The van der Waals surface area contributed by atoms with E-state index in [0.29, 0.717) is 5.56 Å². The van der Waals surface area contributed by atoms with Gasteiger partial charge in [-0.25, -0.2) is 4.79 Å². The molecule has 3 rings (SSSR count). The first-order chi connectivity index (χ1) is 11.4. The van der Waals surface area contributed by atoms with Crippen LogP contribution < -0.4 is 0 Å². The third kappa shape index (κ3) is 3.04. The Labute approximate surface area is 140 Å². The standard InChI is InChI=1S/C18H20O6/c1-4-10-18(20)13(22-16-14(18)23-17(2,3)24-16)11-21-15(19)12-8-6-5-7-9-12/h5-9,13-14,16,20H,11H2,1-3H3/t13-,14+,16-,18-/m1/s1. The zero-order valence-corrected chi connectivity index (χ0v) is 13.8. The van der Waals surface area contributed by atoms with Crippen LogP contribution in [0.25, 0.3) is 0 Å². The van der Waals surface area contributed by atoms with Crippen molar-refractivity contribution in [1.82, 2.24) is 0 Å². The van der Waals surface area contributed by atoms with Crippen LogP contribution in [0.2, 0.25) is 0 Å². The van der Waals surface area contributed by atoms with Gasteiger partial charge in [-0.3, -0.25) is 0 Å². The number of hydrogen-bond acceptors (Lipinski definition) is 6. The van der Waals surface area contributed by atoms with Crippen molar-refractivity contribution in [3.63, 3.8) is 0 Å². The van der Waals surface area contributed by atoms with E-state index in [0.717, 1.165) is 0 Å². The van der Waals surface area contributed by atoms with Crippen molar-refractivity contribution in [2.24, 2.45) is 0 Å². The molecule has 2 aliphatic rings. The van der Waals surface area contributed by atoms with Gasteiger partial charge in [0, 0.05) is 0 Å². The minimum atomic E-state index is -1.61. The monoisotopic (exact) mass is 332 g/mol. The van der Waals surface area contributed by atoms with E-state index >= 15 is 0 Å². The molecule has 128 valence electrons. The minimum Gasteiger partial charge on any atom is -0.459 e. The quantitative estimate of drug-likeness (QED) is 0.667. The molecule has 0 bridgehead atoms. The van der Waals surface area contributed by atoms with Crippen LogP contribution in [0.5, 0.6) is 0 Å². The first kappa shape index (κ1) is 16.9. The summed E-state index contributed by atoms with van der Waals surface area (Å²) in [7, 11) is 0. The molecule has 0 amide bonds. The second-order valence-electron chi connectivity index (χ2n) is 6.21. The van der Waals surface area contributed by atoms with E-state index in [-0.39, 0.29) is 6.61 Å². The van der Waals surface area contributed by atoms with Crippen LogP contribution in [-0.4, -0.2) is 47.6 Å². The number of benzene rings is 1. The highest BCUT2D eigenvalue weighted by molar-refractivity contribution is 5.89. The number of ether oxygens (including phenoxy) is 4. The van der Waals surface area contributed by atoms with Crippen LogP contribution in [-0.2, 0) is 18.9 Å². The van der Waals surface area contributed by atoms with E-state index in [4.69, 9.17) is 18.9 Å². The molecule has 0 radical (unpaired) electrons. The van der Waals surface area contributed by atoms with E-state index in [9.17, 15) is 9.90 Å². The number of hydrogen-bond donors (Lipinski definition) is 1. The molecule has 2 heterocycles. The van der Waals surface area contributed by atoms with E-state index < -0.39 is 35.9 Å². The van der Waals surface area contributed by atoms with E-state index in [1.54, 1.807) is 45.0 Å². The molecule has 6 nitrogen and oxygen atoms in total. The number of aliphatic hydroxyl groups is 1. The highest BCUT2D eigenvalue weighted by Crippen LogP contribution is 2.42. The molecule has 0 aliphatic carbocycles. The fourth-order valence-electron chi connectivity index (χ4n) is 2.90. The first-order valence-corrected chi connectivity index (χ1v) is 7.75. The Morgan fingerprint density at radius 2 is 2.00 bits per heavy atom. The van der Waals surface area contributed by atoms with Gasteiger partial charge < -0.3 is 24.1 Å². The predicted molar refractivity (Wildman–Crippen MR) is 83.8 cm³/mol. The zero-order valence-electron chi connectivity index (χ0n) is 13.8. The van der Waals surface area contributed by atoms with Crippen molar-refractivity contribution in [3.8, 4) is 11.8 Å². The van der Waals surface area contributed by atoms with Gasteiger partial charge in [0.15, 0.2) is 23.8 Å². The van der Waals surface area contributed by atoms with Crippen molar-refractivity contribution in [3.05, 3.63) is 35.9 Å². The van der Waals surface area contributed by atoms with Crippen LogP contribution in [0.1, 0.15) is 31.1 Å². The Balaban J connectivity index is 1.71. The average molecular weight is 332 g/mol. The van der Waals surface area contributed by atoms with Gasteiger partial charge in [-0.05, 0) is 32.9 Å². The molecule has 1 N–H and O–H groups in total. The van der Waals surface area contributed by atoms with E-state index in [1.807, 2.05) is 6.07 Å². The summed E-state index contributed by atoms with van der Waals surface area (Å²) < 4.78 is 22.3. The van der Waals surface area contributed by atoms with Crippen LogP contribution in [0.15, 0.2) is 30.3 Å². The molecule has 4 atom stereocenters. The lowest BCUT2D eigenvalue weighted by Crippen LogP contribution is -2.49. The fourth-order valence-corrected chi connectivity index (χ4v) is 2.90. The number of carbonyl (C=O) groups is 1. The molecule has 0 spiro atoms. The largest absolute Gasteiger partial charge is 0.459 e. The second kappa shape index (κ2) is 6.19. The highest BCUT2D eigenvalue weighted by Gasteiger charge is 2.63. The lowest BCUT2D eigenvalue weighted by Gasteiger charge is -2.29. The summed E-state index contributed by atoms with van der Waals surface area (Å²) in [5, 5.41) is 10.9. The zero-order chi connectivity index (χ0) is 17.4. The smallest absolute Gasteiger partial charge is 0.338 e. The Bertz CT molecular complexity index is 674. The minimum absolute atomic E-state index is 0.154. The first-order valence-electron chi connectivity index (χ1n) is 7.75. The molecule has 2 fully saturated rings. The van der Waals surface area contributed by atoms with Gasteiger partial charge in [-0.15, -0.1) is 5.92 Å². The van der Waals surface area contributed by atoms with Crippen molar-refractivity contribution in [2.45, 2.75) is 50.7 Å². The normalized spacial score (nSPS) is 33.4. The van der Waals surface area contributed by atoms with Gasteiger partial charge in [0.05, 0.1) is 5.56 Å². The van der Waals surface area contributed by atoms with Gasteiger partial charge in [0.2, 0.25) is 0 Å². The Morgan fingerprint density at radius 1 is 1.29 bits per heavy atom. The number of rotatable bonds is 3. The summed E-state index contributed by atoms with van der Waals surface area (Å²) >= 11 is 0. The Morgan fingerprint density at radius 3 is 2.67 bits per heavy atom. The summed E-state index contributed by atoms with van der Waals surface area (Å²) in [6.07, 6.45) is -2.38. The summed E-state index contributed by atoms with van der Waals surface area (Å²) in [6.45, 7) is 4.93. The van der Waals surface area contributed by atoms with Gasteiger partial charge in [0.25, 0.3) is 0 Å². The topological polar surface area (TPSA) is 74.2 Å². The molecular formula is C18H20O6. The maximum Gasteiger partial charge on any atom is 0.338 e. The molecule has 0 aromatic heterocycles. The van der Waals surface area contributed by atoms with Crippen LogP contribution in [0.3, 0.4) is 0 Å². The van der Waals surface area contributed by atoms with Crippen molar-refractivity contribution in [1.29, 1.82) is 0 Å². The Kier molecular flexibility index (Phi) is 4.37. The molecule has 0 unspecified atom stereocenters. The molecular weight excluding hydrogens is 312 g/mol. The molecule has 1 aromatic carbocycles. The van der Waals surface area contributed by atoms with Crippen LogP contribution in [0, 0.1) is 11.8 Å². The third-order valence-electron chi connectivity index (χ3n) is 3.98. The van der Waals surface area contributed by atoms with Crippen molar-refractivity contribution >= 4 is 5.97 Å². The van der Waals surface area contributed by atoms with E-state index in [1.165, 1.54) is 0 Å². The maximum atomic E-state index is 12.1. The van der Waals surface area contributed by atoms with Gasteiger partial charge in [-0.2, -0.15) is 0 Å². The average Bonchev–Trinajstić information content (AvgIpc) is 2.98. The van der Waals surface area contributed by atoms with Crippen LogP contribution in [0.4, 0.5) is 0 Å². The summed E-state index contributed by atoms with van der Waals surface area (Å²) in [5.74, 6) is 4.05. The second-order valence-corrected chi connectivity index (χ2v) is 6.21. The van der Waals surface area contributed by atoms with Crippen molar-refractivity contribution < 1.29 is 28.8 Å². The lowest BCUT2D eigenvalue weighted by atomic mass is 9.93. The molecule has 6 heteroatoms. The van der Waals surface area contributed by atoms with Gasteiger partial charge >= 0.3 is 5.97 Å². The fraction of sp³-hybridized carbons (Fsp3) is 0.500. The number of carbonyl (C=O) groups excluding carboxylic acids is 1.